The van der Waals surface area contributed by atoms with Crippen LogP contribution in [0.2, 0.25) is 0 Å². The third-order valence-corrected chi connectivity index (χ3v) is 4.69. The number of carbonyl (C=O) groups is 1. The molecule has 0 aromatic heterocycles. The zero-order chi connectivity index (χ0) is 31.4. The zero-order valence-corrected chi connectivity index (χ0v) is 18.2. The second-order valence-corrected chi connectivity index (χ2v) is 7.48. The molecule has 0 spiro atoms. The molecule has 0 saturated heterocycles. The Balaban J connectivity index is 2.61. The fourth-order valence-corrected chi connectivity index (χ4v) is 2.70. The molecule has 2 rings (SSSR count). The molecule has 0 unspecified atom stereocenters. The van der Waals surface area contributed by atoms with Crippen molar-refractivity contribution in [1.82, 2.24) is 0 Å². The predicted octanol–water partition coefficient (Wildman–Crippen LogP) is 7.65. The lowest BCUT2D eigenvalue weighted by molar-refractivity contribution is -0.548. The molecule has 2 aromatic rings. The van der Waals surface area contributed by atoms with Gasteiger partial charge in [0.2, 0.25) is 0 Å². The predicted molar refractivity (Wildman–Crippen MR) is 95.4 cm³/mol. The van der Waals surface area contributed by atoms with E-state index in [-0.39, 0.29) is 10.8 Å². The van der Waals surface area contributed by atoms with Gasteiger partial charge in [0, 0.05) is 11.1 Å². The Morgan fingerprint density at radius 3 is 1.55 bits per heavy atom. The normalized spacial score (nSPS) is 17.3. The van der Waals surface area contributed by atoms with Crippen molar-refractivity contribution in [2.75, 3.05) is 5.32 Å². The highest BCUT2D eigenvalue weighted by Gasteiger charge is 2.85. The largest absolute Gasteiger partial charge is 0.462 e. The highest BCUT2D eigenvalue weighted by molar-refractivity contribution is 6.04. The topological polar surface area (TPSA) is 47.6 Å². The molecule has 2 aromatic carbocycles. The van der Waals surface area contributed by atoms with E-state index < -0.39 is 60.0 Å². The van der Waals surface area contributed by atoms with E-state index in [1.54, 1.807) is 0 Å². The van der Waals surface area contributed by atoms with Crippen LogP contribution in [0.3, 0.4) is 0 Å². The molecule has 0 aliphatic carbocycles. The molecular weight excluding hydrogens is 613 g/mol. The van der Waals surface area contributed by atoms with Gasteiger partial charge in [-0.1, -0.05) is 36.4 Å². The molecule has 0 saturated carbocycles. The smallest absolute Gasteiger partial charge is 0.320 e. The van der Waals surface area contributed by atoms with Gasteiger partial charge in [0.25, 0.3) is 5.91 Å². The number of rotatable bonds is 8. The van der Waals surface area contributed by atoms with Crippen molar-refractivity contribution in [3.05, 3.63) is 42.5 Å². The number of benzene rings is 2. The first kappa shape index (κ1) is 33.1. The van der Waals surface area contributed by atoms with E-state index in [0.29, 0.717) is 6.07 Å². The third kappa shape index (κ3) is 5.56. The van der Waals surface area contributed by atoms with Crippen LogP contribution in [0.1, 0.15) is 0 Å². The van der Waals surface area contributed by atoms with E-state index in [4.69, 9.17) is 0 Å². The van der Waals surface area contributed by atoms with Crippen LogP contribution in [0, 0.1) is 0 Å². The summed E-state index contributed by atoms with van der Waals surface area (Å²) in [5.41, 5.74) is -0.865. The van der Waals surface area contributed by atoms with Gasteiger partial charge in [-0.25, -0.2) is 0 Å². The zero-order valence-electron chi connectivity index (χ0n) is 18.2. The monoisotopic (exact) mass is 621 g/mol. The van der Waals surface area contributed by atoms with Crippen molar-refractivity contribution >= 4 is 22.4 Å². The van der Waals surface area contributed by atoms with Crippen LogP contribution in [0.25, 0.3) is 10.8 Å². The maximum absolute atomic E-state index is 14.7. The minimum absolute atomic E-state index is 0.0732. The summed E-state index contributed by atoms with van der Waals surface area (Å²) in [6, 6.07) is 7.64. The molecular formula is C19H8F17NO3. The highest BCUT2D eigenvalue weighted by atomic mass is 19.4. The number of alkyl halides is 17. The summed E-state index contributed by atoms with van der Waals surface area (Å²) in [5, 5.41) is 0.795. The van der Waals surface area contributed by atoms with E-state index in [2.05, 4.69) is 4.74 Å². The molecule has 0 bridgehead atoms. The van der Waals surface area contributed by atoms with Crippen LogP contribution in [0.4, 0.5) is 80.3 Å². The van der Waals surface area contributed by atoms with E-state index in [9.17, 15) is 79.4 Å². The number of hydrogen-bond acceptors (Lipinski definition) is 3. The first-order valence-electron chi connectivity index (χ1n) is 9.55. The fourth-order valence-electron chi connectivity index (χ4n) is 2.70. The van der Waals surface area contributed by atoms with E-state index in [1.807, 2.05) is 0 Å². The van der Waals surface area contributed by atoms with Crippen LogP contribution in [-0.4, -0.2) is 54.3 Å². The summed E-state index contributed by atoms with van der Waals surface area (Å²) in [5.74, 6) is -26.3. The minimum Gasteiger partial charge on any atom is -0.320 e. The summed E-state index contributed by atoms with van der Waals surface area (Å²) >= 11 is 0. The van der Waals surface area contributed by atoms with Crippen molar-refractivity contribution in [3.63, 3.8) is 0 Å². The van der Waals surface area contributed by atoms with Crippen LogP contribution < -0.4 is 5.32 Å². The Bertz CT molecular complexity index is 1230. The maximum Gasteiger partial charge on any atom is 0.462 e. The summed E-state index contributed by atoms with van der Waals surface area (Å²) in [4.78, 5) is 12.0. The van der Waals surface area contributed by atoms with Gasteiger partial charge in [0.1, 0.15) is 0 Å². The maximum atomic E-state index is 14.7. The van der Waals surface area contributed by atoms with Crippen LogP contribution in [0.5, 0.6) is 0 Å². The molecule has 0 radical (unpaired) electrons. The van der Waals surface area contributed by atoms with Crippen LogP contribution in [0.15, 0.2) is 42.5 Å². The number of amides is 1. The average molecular weight is 621 g/mol. The van der Waals surface area contributed by atoms with Gasteiger partial charge in [0.15, 0.2) is 0 Å². The highest BCUT2D eigenvalue weighted by Crippen LogP contribution is 2.56. The molecule has 0 aliphatic rings. The third-order valence-electron chi connectivity index (χ3n) is 4.69. The van der Waals surface area contributed by atoms with Gasteiger partial charge in [-0.15, -0.1) is 0 Å². The average Bonchev–Trinajstić information content (AvgIpc) is 2.76. The van der Waals surface area contributed by atoms with Gasteiger partial charge in [-0.2, -0.15) is 74.6 Å². The molecule has 226 valence electrons. The summed E-state index contributed by atoms with van der Waals surface area (Å²) in [6.07, 6.45) is -38.6. The van der Waals surface area contributed by atoms with Crippen molar-refractivity contribution in [2.45, 2.75) is 48.4 Å². The van der Waals surface area contributed by atoms with Crippen molar-refractivity contribution in [2.24, 2.45) is 0 Å². The number of halogens is 17. The SMILES string of the molecule is O=C(Nc1cccc2ccccc12)[C@](F)(OC(F)(F)[C@@](F)(OC(F)(F)C(F)(F)C(F)(F)F)C(F)(F)F)C(F)(F)F. The first-order chi connectivity index (χ1) is 17.6. The quantitative estimate of drug-likeness (QED) is 0.308. The number of nitrogens with one attached hydrogen (secondary N) is 1. The lowest BCUT2D eigenvalue weighted by Crippen LogP contribution is -2.68. The molecule has 40 heavy (non-hydrogen) atoms. The molecule has 1 N–H and O–H groups in total. The Morgan fingerprint density at radius 2 is 1.07 bits per heavy atom. The van der Waals surface area contributed by atoms with Gasteiger partial charge in [0.05, 0.1) is 0 Å². The number of fused-ring (bicyclic) bond motifs is 1. The van der Waals surface area contributed by atoms with E-state index >= 15 is 0 Å². The molecule has 4 nitrogen and oxygen atoms in total. The van der Waals surface area contributed by atoms with Gasteiger partial charge >= 0.3 is 48.4 Å². The number of ether oxygens (including phenoxy) is 2. The molecule has 21 heteroatoms. The molecule has 0 aliphatic heterocycles. The Kier molecular flexibility index (Phi) is 8.09. The number of anilines is 1. The second kappa shape index (κ2) is 9.77. The minimum atomic E-state index is -8.07. The lowest BCUT2D eigenvalue weighted by atomic mass is 10.1. The van der Waals surface area contributed by atoms with E-state index in [0.717, 1.165) is 17.4 Å². The standard InChI is InChI=1S/C19H8F17NO3/c20-12(15(24,25)26,11(38)37-10-7-3-5-8-4-1-2-6-9(8)10)39-19(35,36)14(23,17(30,31)32)40-18(33,34)13(21,22)16(27,28)29/h1-7H,(H,37,38)/t12-,14-/m0/s1. The van der Waals surface area contributed by atoms with Gasteiger partial charge in [-0.05, 0) is 11.5 Å². The number of hydrogen-bond donors (Lipinski definition) is 1. The van der Waals surface area contributed by atoms with Gasteiger partial charge in [-0.3, -0.25) is 14.3 Å². The molecule has 2 atom stereocenters. The summed E-state index contributed by atoms with van der Waals surface area (Å²) in [7, 11) is 0. The van der Waals surface area contributed by atoms with Gasteiger partial charge < -0.3 is 5.32 Å². The van der Waals surface area contributed by atoms with Crippen LogP contribution in [-0.2, 0) is 14.3 Å². The van der Waals surface area contributed by atoms with Crippen molar-refractivity contribution in [3.8, 4) is 0 Å². The second-order valence-electron chi connectivity index (χ2n) is 7.48. The first-order valence-corrected chi connectivity index (χ1v) is 9.55. The Morgan fingerprint density at radius 1 is 0.575 bits per heavy atom. The van der Waals surface area contributed by atoms with Crippen molar-refractivity contribution < 1.29 is 88.9 Å². The van der Waals surface area contributed by atoms with E-state index in [1.165, 1.54) is 29.0 Å². The molecule has 1 amide bonds. The van der Waals surface area contributed by atoms with Crippen LogP contribution >= 0.6 is 0 Å². The lowest BCUT2D eigenvalue weighted by Gasteiger charge is -2.40. The molecule has 0 heterocycles. The van der Waals surface area contributed by atoms with Crippen molar-refractivity contribution in [1.29, 1.82) is 0 Å². The Hall–Kier alpha value is -3.10. The number of carbonyl (C=O) groups excluding carboxylic acids is 1. The Labute approximate surface area is 208 Å². The summed E-state index contributed by atoms with van der Waals surface area (Å²) < 4.78 is 228. The summed E-state index contributed by atoms with van der Waals surface area (Å²) in [6.45, 7) is 0. The molecule has 0 fully saturated rings. The fraction of sp³-hybridized carbons (Fsp3) is 0.421.